The van der Waals surface area contributed by atoms with Crippen molar-refractivity contribution < 1.29 is 9.21 Å². The van der Waals surface area contributed by atoms with Crippen LogP contribution in [0.4, 0.5) is 0 Å². The van der Waals surface area contributed by atoms with Crippen LogP contribution in [0.2, 0.25) is 0 Å². The maximum absolute atomic E-state index is 12.6. The number of nitrogens with zero attached hydrogens (tertiary/aromatic N) is 1. The molecule has 0 spiro atoms. The molecule has 27 heavy (non-hydrogen) atoms. The van der Waals surface area contributed by atoms with Crippen LogP contribution in [0.5, 0.6) is 0 Å². The van der Waals surface area contributed by atoms with Crippen LogP contribution in [-0.4, -0.2) is 17.9 Å². The first-order valence-electron chi connectivity index (χ1n) is 9.18. The van der Waals surface area contributed by atoms with Crippen molar-refractivity contribution in [2.24, 2.45) is 0 Å². The molecule has 4 nitrogen and oxygen atoms in total. The van der Waals surface area contributed by atoms with Crippen molar-refractivity contribution in [2.45, 2.75) is 40.2 Å². The first-order chi connectivity index (χ1) is 12.9. The van der Waals surface area contributed by atoms with Crippen LogP contribution in [0.15, 0.2) is 51.7 Å². The summed E-state index contributed by atoms with van der Waals surface area (Å²) in [5.74, 6) is 0.0149. The Kier molecular flexibility index (Phi) is 5.45. The molecule has 0 atom stereocenters. The van der Waals surface area contributed by atoms with Crippen molar-refractivity contribution in [2.75, 3.05) is 7.05 Å². The predicted octanol–water partition coefficient (Wildman–Crippen LogP) is 4.31. The molecule has 0 radical (unpaired) electrons. The maximum Gasteiger partial charge on any atom is 0.339 e. The van der Waals surface area contributed by atoms with Crippen molar-refractivity contribution >= 4 is 16.9 Å². The Morgan fingerprint density at radius 3 is 2.56 bits per heavy atom. The summed E-state index contributed by atoms with van der Waals surface area (Å²) in [5, 5.41) is 0.927. The minimum atomic E-state index is -0.347. The van der Waals surface area contributed by atoms with E-state index in [2.05, 4.69) is 0 Å². The van der Waals surface area contributed by atoms with Crippen LogP contribution < -0.4 is 5.63 Å². The highest BCUT2D eigenvalue weighted by Crippen LogP contribution is 2.21. The summed E-state index contributed by atoms with van der Waals surface area (Å²) in [6.45, 7) is 6.49. The molecule has 3 rings (SSSR count). The van der Waals surface area contributed by atoms with Gasteiger partial charge in [-0.3, -0.25) is 4.79 Å². The summed E-state index contributed by atoms with van der Waals surface area (Å²) >= 11 is 0. The molecule has 4 heteroatoms. The van der Waals surface area contributed by atoms with Gasteiger partial charge in [0.1, 0.15) is 5.58 Å². The third-order valence-electron chi connectivity index (χ3n) is 5.13. The number of carbonyl (C=O) groups is 1. The lowest BCUT2D eigenvalue weighted by Crippen LogP contribution is -2.27. The molecule has 1 heterocycles. The van der Waals surface area contributed by atoms with Crippen LogP contribution in [-0.2, 0) is 17.8 Å². The van der Waals surface area contributed by atoms with Gasteiger partial charge in [0.25, 0.3) is 0 Å². The lowest BCUT2D eigenvalue weighted by molar-refractivity contribution is -0.130. The van der Waals surface area contributed by atoms with Gasteiger partial charge in [-0.05, 0) is 55.5 Å². The van der Waals surface area contributed by atoms with Crippen molar-refractivity contribution in [1.82, 2.24) is 4.90 Å². The summed E-state index contributed by atoms with van der Waals surface area (Å²) in [6.07, 6.45) is 0.667. The molecule has 0 aliphatic rings. The van der Waals surface area contributed by atoms with Crippen LogP contribution >= 0.6 is 0 Å². The van der Waals surface area contributed by atoms with Gasteiger partial charge in [-0.2, -0.15) is 0 Å². The largest absolute Gasteiger partial charge is 0.423 e. The van der Waals surface area contributed by atoms with Crippen molar-refractivity contribution in [1.29, 1.82) is 0 Å². The van der Waals surface area contributed by atoms with Gasteiger partial charge in [0.15, 0.2) is 0 Å². The second kappa shape index (κ2) is 7.78. The van der Waals surface area contributed by atoms with Crippen molar-refractivity contribution in [3.63, 3.8) is 0 Å². The number of hydrogen-bond donors (Lipinski definition) is 0. The second-order valence-electron chi connectivity index (χ2n) is 7.17. The number of amides is 1. The molecule has 1 aromatic heterocycles. The summed E-state index contributed by atoms with van der Waals surface area (Å²) in [6, 6.07) is 13.9. The Labute approximate surface area is 159 Å². The van der Waals surface area contributed by atoms with Crippen LogP contribution in [0.1, 0.15) is 34.2 Å². The zero-order valence-corrected chi connectivity index (χ0v) is 16.3. The number of hydrogen-bond acceptors (Lipinski definition) is 3. The Balaban J connectivity index is 1.74. The van der Waals surface area contributed by atoms with Crippen molar-refractivity contribution in [3.8, 4) is 0 Å². The average Bonchev–Trinajstić information content (AvgIpc) is 2.62. The van der Waals surface area contributed by atoms with E-state index >= 15 is 0 Å². The van der Waals surface area contributed by atoms with Crippen LogP contribution in [0.25, 0.3) is 11.0 Å². The second-order valence-corrected chi connectivity index (χ2v) is 7.17. The zero-order chi connectivity index (χ0) is 19.6. The van der Waals surface area contributed by atoms with Gasteiger partial charge in [-0.25, -0.2) is 4.79 Å². The summed E-state index contributed by atoms with van der Waals surface area (Å²) in [5.41, 5.74) is 5.08. The van der Waals surface area contributed by atoms with Crippen LogP contribution in [0.3, 0.4) is 0 Å². The minimum Gasteiger partial charge on any atom is -0.423 e. The van der Waals surface area contributed by atoms with Crippen molar-refractivity contribution in [3.05, 3.63) is 80.7 Å². The first kappa shape index (κ1) is 18.9. The molecule has 0 bridgehead atoms. The van der Waals surface area contributed by atoms with E-state index in [0.717, 1.165) is 22.1 Å². The molecule has 3 aromatic rings. The van der Waals surface area contributed by atoms with E-state index in [4.69, 9.17) is 4.42 Å². The molecule has 0 saturated heterocycles. The highest BCUT2D eigenvalue weighted by atomic mass is 16.4. The van der Waals surface area contributed by atoms with E-state index in [-0.39, 0.29) is 18.0 Å². The van der Waals surface area contributed by atoms with E-state index in [1.165, 1.54) is 5.56 Å². The standard InChI is InChI=1S/C23H25NO3/c1-15-9-10-19-17(3)20(23(26)27-21(19)13-15)11-12-22(25)24(4)14-18-8-6-5-7-16(18)2/h5-10,13H,11-12,14H2,1-4H3. The van der Waals surface area contributed by atoms with Gasteiger partial charge >= 0.3 is 5.63 Å². The van der Waals surface area contributed by atoms with Gasteiger partial charge in [-0.1, -0.05) is 36.4 Å². The molecule has 0 fully saturated rings. The van der Waals surface area contributed by atoms with E-state index in [9.17, 15) is 9.59 Å². The molecular formula is C23H25NO3. The monoisotopic (exact) mass is 363 g/mol. The number of aryl methyl sites for hydroxylation is 3. The molecule has 1 amide bonds. The Bertz CT molecular complexity index is 1050. The third-order valence-corrected chi connectivity index (χ3v) is 5.13. The average molecular weight is 363 g/mol. The zero-order valence-electron chi connectivity index (χ0n) is 16.3. The molecule has 0 unspecified atom stereocenters. The fourth-order valence-corrected chi connectivity index (χ4v) is 3.34. The van der Waals surface area contributed by atoms with E-state index in [0.29, 0.717) is 24.1 Å². The Morgan fingerprint density at radius 2 is 1.81 bits per heavy atom. The highest BCUT2D eigenvalue weighted by Gasteiger charge is 2.15. The highest BCUT2D eigenvalue weighted by molar-refractivity contribution is 5.82. The summed E-state index contributed by atoms with van der Waals surface area (Å²) in [7, 11) is 1.80. The van der Waals surface area contributed by atoms with Gasteiger partial charge < -0.3 is 9.32 Å². The molecule has 2 aromatic carbocycles. The van der Waals surface area contributed by atoms with Gasteiger partial charge in [0.2, 0.25) is 5.91 Å². The third kappa shape index (κ3) is 4.11. The molecule has 140 valence electrons. The number of fused-ring (bicyclic) bond motifs is 1. The minimum absolute atomic E-state index is 0.0149. The lowest BCUT2D eigenvalue weighted by Gasteiger charge is -2.18. The smallest absolute Gasteiger partial charge is 0.339 e. The molecular weight excluding hydrogens is 338 g/mol. The SMILES string of the molecule is Cc1ccc2c(C)c(CCC(=O)N(C)Cc3ccccc3C)c(=O)oc2c1. The fourth-order valence-electron chi connectivity index (χ4n) is 3.34. The molecule has 0 aliphatic carbocycles. The summed E-state index contributed by atoms with van der Waals surface area (Å²) in [4.78, 5) is 26.7. The van der Waals surface area contributed by atoms with Crippen LogP contribution in [0, 0.1) is 20.8 Å². The maximum atomic E-state index is 12.6. The van der Waals surface area contributed by atoms with Gasteiger partial charge in [0, 0.05) is 31.0 Å². The Morgan fingerprint density at radius 1 is 1.07 bits per heavy atom. The number of carbonyl (C=O) groups excluding carboxylic acids is 1. The molecule has 0 saturated carbocycles. The van der Waals surface area contributed by atoms with E-state index < -0.39 is 0 Å². The Hall–Kier alpha value is -2.88. The van der Waals surface area contributed by atoms with E-state index in [1.54, 1.807) is 11.9 Å². The number of benzene rings is 2. The van der Waals surface area contributed by atoms with Gasteiger partial charge in [-0.15, -0.1) is 0 Å². The quantitative estimate of drug-likeness (QED) is 0.635. The normalized spacial score (nSPS) is 11.0. The first-order valence-corrected chi connectivity index (χ1v) is 9.18. The van der Waals surface area contributed by atoms with Gasteiger partial charge in [0.05, 0.1) is 0 Å². The topological polar surface area (TPSA) is 50.5 Å². The lowest BCUT2D eigenvalue weighted by atomic mass is 10.0. The summed E-state index contributed by atoms with van der Waals surface area (Å²) < 4.78 is 5.48. The van der Waals surface area contributed by atoms with E-state index in [1.807, 2.05) is 63.2 Å². The number of rotatable bonds is 5. The predicted molar refractivity (Wildman–Crippen MR) is 108 cm³/mol. The fraction of sp³-hybridized carbons (Fsp3) is 0.304. The molecule has 0 aliphatic heterocycles. The molecule has 0 N–H and O–H groups in total.